The van der Waals surface area contributed by atoms with Crippen LogP contribution in [0.1, 0.15) is 12.5 Å². The van der Waals surface area contributed by atoms with Gasteiger partial charge in [0.05, 0.1) is 0 Å². The normalized spacial score (nSPS) is 22.1. The van der Waals surface area contributed by atoms with Gasteiger partial charge in [0.1, 0.15) is 0 Å². The zero-order valence-electron chi connectivity index (χ0n) is 6.67. The number of hydrogen-bond acceptors (Lipinski definition) is 1. The molecule has 11 heavy (non-hydrogen) atoms. The first kappa shape index (κ1) is 6.71. The molecule has 1 aliphatic heterocycles. The van der Waals surface area contributed by atoms with E-state index in [4.69, 9.17) is 0 Å². The average Bonchev–Trinajstić information content (AvgIpc) is 2.04. The third-order valence-corrected chi connectivity index (χ3v) is 2.09. The number of fused-ring (bicyclic) bond motifs is 1. The standard InChI is InChI=1S/C10H12N/c1-8-6-7-9-4-2-3-5-10(9)11-8/h2-6,8,11H,7H2,1H3. The van der Waals surface area contributed by atoms with Crippen molar-refractivity contribution >= 4 is 5.69 Å². The van der Waals surface area contributed by atoms with E-state index in [1.54, 1.807) is 0 Å². The molecule has 0 fully saturated rings. The summed E-state index contributed by atoms with van der Waals surface area (Å²) in [4.78, 5) is 0. The molecule has 57 valence electrons. The molecule has 1 unspecified atom stereocenters. The first-order chi connectivity index (χ1) is 5.36. The molecule has 0 saturated heterocycles. The van der Waals surface area contributed by atoms with Crippen LogP contribution in [0.25, 0.3) is 0 Å². The Hall–Kier alpha value is -0.980. The minimum absolute atomic E-state index is 0.518. The lowest BCUT2D eigenvalue weighted by atomic mass is 9.99. The molecule has 0 spiro atoms. The summed E-state index contributed by atoms with van der Waals surface area (Å²) in [6, 6.07) is 8.99. The third kappa shape index (κ3) is 1.23. The molecule has 1 N–H and O–H groups in total. The zero-order chi connectivity index (χ0) is 7.68. The summed E-state index contributed by atoms with van der Waals surface area (Å²) in [5, 5.41) is 3.40. The number of para-hydroxylation sites is 1. The Morgan fingerprint density at radius 2 is 2.18 bits per heavy atom. The van der Waals surface area contributed by atoms with Gasteiger partial charge in [0.15, 0.2) is 0 Å². The van der Waals surface area contributed by atoms with E-state index in [1.165, 1.54) is 11.3 Å². The first-order valence-corrected chi connectivity index (χ1v) is 4.04. The highest BCUT2D eigenvalue weighted by molar-refractivity contribution is 5.55. The lowest BCUT2D eigenvalue weighted by molar-refractivity contribution is 0.838. The third-order valence-electron chi connectivity index (χ3n) is 2.09. The molecule has 1 heteroatoms. The molecule has 0 saturated carbocycles. The molecular formula is C10H12N. The van der Waals surface area contributed by atoms with E-state index in [0.29, 0.717) is 6.04 Å². The van der Waals surface area contributed by atoms with Crippen LogP contribution in [0.4, 0.5) is 5.69 Å². The molecule has 1 aromatic rings. The fraction of sp³-hybridized carbons (Fsp3) is 0.300. The van der Waals surface area contributed by atoms with Gasteiger partial charge < -0.3 is 5.32 Å². The maximum absolute atomic E-state index is 3.40. The summed E-state index contributed by atoms with van der Waals surface area (Å²) in [5.41, 5.74) is 2.70. The SMILES string of the molecule is CC1[CH]Cc2ccccc2N1. The van der Waals surface area contributed by atoms with Crippen LogP contribution < -0.4 is 5.32 Å². The molecule has 0 bridgehead atoms. The molecule has 1 nitrogen and oxygen atoms in total. The van der Waals surface area contributed by atoms with Gasteiger partial charge >= 0.3 is 0 Å². The van der Waals surface area contributed by atoms with Crippen molar-refractivity contribution in [3.05, 3.63) is 36.2 Å². The van der Waals surface area contributed by atoms with Crippen molar-refractivity contribution in [2.75, 3.05) is 5.32 Å². The Balaban J connectivity index is 2.34. The monoisotopic (exact) mass is 146 g/mol. The van der Waals surface area contributed by atoms with Gasteiger partial charge in [0.2, 0.25) is 0 Å². The van der Waals surface area contributed by atoms with Gasteiger partial charge in [-0.2, -0.15) is 0 Å². The van der Waals surface area contributed by atoms with Crippen LogP contribution in [0.5, 0.6) is 0 Å². The van der Waals surface area contributed by atoms with Crippen molar-refractivity contribution in [3.63, 3.8) is 0 Å². The second-order valence-corrected chi connectivity index (χ2v) is 3.03. The minimum Gasteiger partial charge on any atom is -0.382 e. The van der Waals surface area contributed by atoms with Gasteiger partial charge in [-0.15, -0.1) is 0 Å². The number of benzene rings is 1. The van der Waals surface area contributed by atoms with E-state index in [-0.39, 0.29) is 0 Å². The predicted octanol–water partition coefficient (Wildman–Crippen LogP) is 2.25. The molecule has 0 amide bonds. The minimum atomic E-state index is 0.518. The van der Waals surface area contributed by atoms with Crippen LogP contribution in [0, 0.1) is 6.42 Å². The van der Waals surface area contributed by atoms with Crippen molar-refractivity contribution in [2.45, 2.75) is 19.4 Å². The van der Waals surface area contributed by atoms with Crippen molar-refractivity contribution in [1.82, 2.24) is 0 Å². The van der Waals surface area contributed by atoms with Crippen molar-refractivity contribution in [1.29, 1.82) is 0 Å². The highest BCUT2D eigenvalue weighted by Gasteiger charge is 2.12. The molecule has 1 aliphatic rings. The second kappa shape index (κ2) is 2.57. The maximum Gasteiger partial charge on any atom is 0.0374 e. The van der Waals surface area contributed by atoms with Crippen LogP contribution in [-0.2, 0) is 6.42 Å². The molecule has 1 radical (unpaired) electrons. The van der Waals surface area contributed by atoms with Crippen LogP contribution in [0.3, 0.4) is 0 Å². The Morgan fingerprint density at radius 1 is 1.36 bits per heavy atom. The van der Waals surface area contributed by atoms with Gasteiger partial charge in [-0.25, -0.2) is 0 Å². The second-order valence-electron chi connectivity index (χ2n) is 3.03. The summed E-state index contributed by atoms with van der Waals surface area (Å²) >= 11 is 0. The molecule has 0 aliphatic carbocycles. The highest BCUT2D eigenvalue weighted by atomic mass is 14.9. The lowest BCUT2D eigenvalue weighted by Crippen LogP contribution is -2.22. The van der Waals surface area contributed by atoms with Crippen LogP contribution >= 0.6 is 0 Å². The van der Waals surface area contributed by atoms with E-state index in [9.17, 15) is 0 Å². The summed E-state index contributed by atoms with van der Waals surface area (Å²) in [6.07, 6.45) is 3.40. The topological polar surface area (TPSA) is 12.0 Å². The number of rotatable bonds is 0. The predicted molar refractivity (Wildman–Crippen MR) is 47.5 cm³/mol. The van der Waals surface area contributed by atoms with E-state index in [0.717, 1.165) is 6.42 Å². The summed E-state index contributed by atoms with van der Waals surface area (Å²) in [6.45, 7) is 2.18. The Labute approximate surface area is 67.4 Å². The summed E-state index contributed by atoms with van der Waals surface area (Å²) in [5.74, 6) is 0. The van der Waals surface area contributed by atoms with Crippen molar-refractivity contribution < 1.29 is 0 Å². The number of hydrogen-bond donors (Lipinski definition) is 1. The quantitative estimate of drug-likeness (QED) is 0.592. The van der Waals surface area contributed by atoms with Crippen LogP contribution in [0.2, 0.25) is 0 Å². The fourth-order valence-corrected chi connectivity index (χ4v) is 1.45. The Kier molecular flexibility index (Phi) is 1.57. The lowest BCUT2D eigenvalue weighted by Gasteiger charge is -2.23. The van der Waals surface area contributed by atoms with Crippen molar-refractivity contribution in [3.8, 4) is 0 Å². The fourth-order valence-electron chi connectivity index (χ4n) is 1.45. The first-order valence-electron chi connectivity index (χ1n) is 4.04. The molecule has 1 aromatic carbocycles. The van der Waals surface area contributed by atoms with Crippen LogP contribution in [0.15, 0.2) is 24.3 Å². The molecule has 1 atom stereocenters. The van der Waals surface area contributed by atoms with E-state index in [1.807, 2.05) is 0 Å². The van der Waals surface area contributed by atoms with Gasteiger partial charge in [-0.1, -0.05) is 18.2 Å². The summed E-state index contributed by atoms with van der Waals surface area (Å²) in [7, 11) is 0. The number of anilines is 1. The van der Waals surface area contributed by atoms with Crippen LogP contribution in [-0.4, -0.2) is 6.04 Å². The van der Waals surface area contributed by atoms with E-state index in [2.05, 4.69) is 42.9 Å². The Bertz CT molecular complexity index is 255. The van der Waals surface area contributed by atoms with Gasteiger partial charge in [-0.05, 0) is 31.4 Å². The molecule has 2 rings (SSSR count). The largest absolute Gasteiger partial charge is 0.382 e. The number of nitrogens with one attached hydrogen (secondary N) is 1. The van der Waals surface area contributed by atoms with E-state index >= 15 is 0 Å². The molecule has 0 aromatic heterocycles. The zero-order valence-corrected chi connectivity index (χ0v) is 6.67. The average molecular weight is 146 g/mol. The smallest absolute Gasteiger partial charge is 0.0374 e. The van der Waals surface area contributed by atoms with Gasteiger partial charge in [0, 0.05) is 11.7 Å². The van der Waals surface area contributed by atoms with Gasteiger partial charge in [0.25, 0.3) is 0 Å². The maximum atomic E-state index is 3.40. The van der Waals surface area contributed by atoms with Gasteiger partial charge in [-0.3, -0.25) is 0 Å². The van der Waals surface area contributed by atoms with Crippen molar-refractivity contribution in [2.24, 2.45) is 0 Å². The highest BCUT2D eigenvalue weighted by Crippen LogP contribution is 2.22. The molecular weight excluding hydrogens is 134 g/mol. The molecule has 1 heterocycles. The Morgan fingerprint density at radius 3 is 3.09 bits per heavy atom. The summed E-state index contributed by atoms with van der Waals surface area (Å²) < 4.78 is 0. The van der Waals surface area contributed by atoms with E-state index < -0.39 is 0 Å².